The lowest BCUT2D eigenvalue weighted by molar-refractivity contribution is 0.352. The monoisotopic (exact) mass is 361 g/mol. The van der Waals surface area contributed by atoms with Crippen LogP contribution in [0.25, 0.3) is 0 Å². The fraction of sp³-hybridized carbons (Fsp3) is 0.385. The van der Waals surface area contributed by atoms with E-state index < -0.39 is 9.84 Å². The molecule has 1 atom stereocenters. The average Bonchev–Trinajstić information content (AvgIpc) is 2.75. The van der Waals surface area contributed by atoms with Crippen molar-refractivity contribution in [2.24, 2.45) is 0 Å². The van der Waals surface area contributed by atoms with Crippen LogP contribution >= 0.6 is 15.9 Å². The Bertz CT molecular complexity index is 628. The molecule has 1 aromatic carbocycles. The first-order valence-corrected chi connectivity index (χ1v) is 8.51. The molecule has 1 aliphatic heterocycles. The van der Waals surface area contributed by atoms with Gasteiger partial charge in [-0.3, -0.25) is 0 Å². The highest BCUT2D eigenvalue weighted by molar-refractivity contribution is 9.10. The van der Waals surface area contributed by atoms with E-state index in [1.165, 1.54) is 5.41 Å². The zero-order valence-electron chi connectivity index (χ0n) is 11.2. The molecule has 0 fully saturated rings. The molecule has 1 N–H and O–H groups in total. The number of hydrogen-bond acceptors (Lipinski definition) is 5. The van der Waals surface area contributed by atoms with Gasteiger partial charge in [0, 0.05) is 18.0 Å². The Morgan fingerprint density at radius 3 is 2.65 bits per heavy atom. The molecule has 20 heavy (non-hydrogen) atoms. The van der Waals surface area contributed by atoms with Crippen LogP contribution in [0, 0.1) is 0 Å². The van der Waals surface area contributed by atoms with Crippen molar-refractivity contribution in [1.29, 1.82) is 0 Å². The van der Waals surface area contributed by atoms with Crippen molar-refractivity contribution < 1.29 is 17.9 Å². The highest BCUT2D eigenvalue weighted by Crippen LogP contribution is 2.36. The van der Waals surface area contributed by atoms with Gasteiger partial charge in [-0.05, 0) is 33.6 Å². The van der Waals surface area contributed by atoms with Gasteiger partial charge in [-0.15, -0.1) is 0 Å². The molecule has 0 aliphatic carbocycles. The molecule has 0 amide bonds. The molecule has 1 aromatic rings. The summed E-state index contributed by atoms with van der Waals surface area (Å²) in [6, 6.07) is 3.64. The molecular formula is C13H16BrNO4S. The van der Waals surface area contributed by atoms with Gasteiger partial charge < -0.3 is 14.8 Å². The summed E-state index contributed by atoms with van der Waals surface area (Å²) in [6.07, 6.45) is 1.67. The smallest absolute Gasteiger partial charge is 0.174 e. The fourth-order valence-corrected chi connectivity index (χ4v) is 3.95. The van der Waals surface area contributed by atoms with Gasteiger partial charge in [0.1, 0.15) is 0 Å². The lowest BCUT2D eigenvalue weighted by atomic mass is 10.2. The van der Waals surface area contributed by atoms with E-state index in [-0.39, 0.29) is 11.8 Å². The molecule has 0 radical (unpaired) electrons. The third kappa shape index (κ3) is 3.53. The minimum absolute atomic E-state index is 0.113. The van der Waals surface area contributed by atoms with Gasteiger partial charge in [0.2, 0.25) is 0 Å². The predicted octanol–water partition coefficient (Wildman–Crippen LogP) is 1.87. The topological polar surface area (TPSA) is 64.6 Å². The number of rotatable bonds is 5. The van der Waals surface area contributed by atoms with Gasteiger partial charge in [0.05, 0.1) is 24.4 Å². The van der Waals surface area contributed by atoms with Crippen LogP contribution in [0.15, 0.2) is 28.1 Å². The zero-order valence-corrected chi connectivity index (χ0v) is 13.6. The van der Waals surface area contributed by atoms with Crippen molar-refractivity contribution >= 4 is 25.8 Å². The molecule has 1 aliphatic rings. The molecule has 7 heteroatoms. The maximum Gasteiger partial charge on any atom is 0.174 e. The lowest BCUT2D eigenvalue weighted by Gasteiger charge is -2.14. The van der Waals surface area contributed by atoms with Crippen molar-refractivity contribution in [3.8, 4) is 11.5 Å². The van der Waals surface area contributed by atoms with Gasteiger partial charge in [-0.2, -0.15) is 0 Å². The predicted molar refractivity (Wildman–Crippen MR) is 80.8 cm³/mol. The average molecular weight is 362 g/mol. The summed E-state index contributed by atoms with van der Waals surface area (Å²) in [5.41, 5.74) is 0.979. The molecule has 0 saturated heterocycles. The number of ether oxygens (including phenoxy) is 2. The van der Waals surface area contributed by atoms with Crippen molar-refractivity contribution in [1.82, 2.24) is 5.32 Å². The van der Waals surface area contributed by atoms with Gasteiger partial charge in [-0.25, -0.2) is 8.42 Å². The van der Waals surface area contributed by atoms with Crippen LogP contribution in [0.4, 0.5) is 0 Å². The molecular weight excluding hydrogens is 346 g/mol. The van der Waals surface area contributed by atoms with Crippen molar-refractivity contribution in [3.05, 3.63) is 33.7 Å². The number of nitrogens with one attached hydrogen (secondary N) is 1. The van der Waals surface area contributed by atoms with Gasteiger partial charge in [-0.1, -0.05) is 6.08 Å². The first-order valence-electron chi connectivity index (χ1n) is 6.00. The Morgan fingerprint density at radius 2 is 2.10 bits per heavy atom. The molecule has 0 bridgehead atoms. The largest absolute Gasteiger partial charge is 0.493 e. The Balaban J connectivity index is 2.07. The zero-order chi connectivity index (χ0) is 14.8. The number of hydrogen-bond donors (Lipinski definition) is 1. The van der Waals surface area contributed by atoms with Gasteiger partial charge in [0.15, 0.2) is 21.3 Å². The first kappa shape index (κ1) is 15.3. The Hall–Kier alpha value is -1.05. The van der Waals surface area contributed by atoms with Crippen LogP contribution in [-0.4, -0.2) is 34.4 Å². The van der Waals surface area contributed by atoms with Crippen LogP contribution < -0.4 is 14.8 Å². The summed E-state index contributed by atoms with van der Waals surface area (Å²) in [7, 11) is 0.127. The highest BCUT2D eigenvalue weighted by Gasteiger charge is 2.21. The Morgan fingerprint density at radius 1 is 1.35 bits per heavy atom. The van der Waals surface area contributed by atoms with E-state index in [9.17, 15) is 8.42 Å². The van der Waals surface area contributed by atoms with Crippen LogP contribution in [-0.2, 0) is 16.4 Å². The van der Waals surface area contributed by atoms with E-state index >= 15 is 0 Å². The number of benzene rings is 1. The van der Waals surface area contributed by atoms with E-state index in [2.05, 4.69) is 21.2 Å². The summed E-state index contributed by atoms with van der Waals surface area (Å²) in [4.78, 5) is 0. The second kappa shape index (κ2) is 6.15. The summed E-state index contributed by atoms with van der Waals surface area (Å²) < 4.78 is 34.0. The van der Waals surface area contributed by atoms with Crippen molar-refractivity contribution in [3.63, 3.8) is 0 Å². The Kier molecular flexibility index (Phi) is 4.72. The van der Waals surface area contributed by atoms with Crippen LogP contribution in [0.3, 0.4) is 0 Å². The quantitative estimate of drug-likeness (QED) is 0.867. The third-order valence-electron chi connectivity index (χ3n) is 2.99. The summed E-state index contributed by atoms with van der Waals surface area (Å²) >= 11 is 3.43. The van der Waals surface area contributed by atoms with Gasteiger partial charge in [0.25, 0.3) is 0 Å². The van der Waals surface area contributed by atoms with Crippen molar-refractivity contribution in [2.45, 2.75) is 12.6 Å². The normalized spacial score (nSPS) is 20.1. The van der Waals surface area contributed by atoms with E-state index in [1.54, 1.807) is 20.3 Å². The summed E-state index contributed by atoms with van der Waals surface area (Å²) in [5, 5.41) is 4.45. The third-order valence-corrected chi connectivity index (χ3v) is 4.98. The minimum Gasteiger partial charge on any atom is -0.493 e. The highest BCUT2D eigenvalue weighted by atomic mass is 79.9. The molecule has 2 rings (SSSR count). The molecule has 0 aromatic heterocycles. The maximum atomic E-state index is 11.3. The molecule has 0 spiro atoms. The second-order valence-electron chi connectivity index (χ2n) is 4.46. The molecule has 110 valence electrons. The lowest BCUT2D eigenvalue weighted by Crippen LogP contribution is -2.29. The molecule has 1 heterocycles. The summed E-state index contributed by atoms with van der Waals surface area (Å²) in [6.45, 7) is 0.545. The maximum absolute atomic E-state index is 11.3. The minimum atomic E-state index is -3.03. The van der Waals surface area contributed by atoms with E-state index in [4.69, 9.17) is 9.47 Å². The first-order chi connectivity index (χ1) is 9.45. The van der Waals surface area contributed by atoms with Crippen LogP contribution in [0.2, 0.25) is 0 Å². The van der Waals surface area contributed by atoms with E-state index in [0.717, 1.165) is 10.0 Å². The fourth-order valence-electron chi connectivity index (χ4n) is 2.03. The number of methoxy groups -OCH3 is 2. The van der Waals surface area contributed by atoms with E-state index in [0.29, 0.717) is 18.0 Å². The SMILES string of the molecule is COc1cc(CNC2C=CS(=O)(=O)C2)cc(Br)c1OC. The molecule has 1 unspecified atom stereocenters. The number of halogens is 1. The van der Waals surface area contributed by atoms with Crippen molar-refractivity contribution in [2.75, 3.05) is 20.0 Å². The van der Waals surface area contributed by atoms with Crippen LogP contribution in [0.5, 0.6) is 11.5 Å². The Labute approximate surface area is 127 Å². The second-order valence-corrected chi connectivity index (χ2v) is 7.24. The standard InChI is InChI=1S/C13H16BrNO4S/c1-18-12-6-9(5-11(14)13(12)19-2)7-15-10-3-4-20(16,17)8-10/h3-6,10,15H,7-8H2,1-2H3. The van der Waals surface area contributed by atoms with Crippen LogP contribution in [0.1, 0.15) is 5.56 Å². The molecule has 0 saturated carbocycles. The van der Waals surface area contributed by atoms with E-state index in [1.807, 2.05) is 12.1 Å². The summed E-state index contributed by atoms with van der Waals surface area (Å²) in [5.74, 6) is 1.38. The molecule has 5 nitrogen and oxygen atoms in total. The van der Waals surface area contributed by atoms with Gasteiger partial charge >= 0.3 is 0 Å². The number of sulfone groups is 1.